The Morgan fingerprint density at radius 1 is 0.704 bits per heavy atom. The predicted molar refractivity (Wildman–Crippen MR) is 107 cm³/mol. The highest BCUT2D eigenvalue weighted by molar-refractivity contribution is 5.86. The van der Waals surface area contributed by atoms with Crippen LogP contribution in [0, 0.1) is 5.92 Å². The predicted octanol–water partition coefficient (Wildman–Crippen LogP) is 6.04. The maximum atomic E-state index is 11.5. The molecule has 0 amide bonds. The highest BCUT2D eigenvalue weighted by atomic mass is 16.6. The largest absolute Gasteiger partial charge is 0.481 e. The van der Waals surface area contributed by atoms with Crippen LogP contribution in [-0.4, -0.2) is 23.0 Å². The average Bonchev–Trinajstić information content (AvgIpc) is 2.63. The van der Waals surface area contributed by atoms with Crippen molar-refractivity contribution in [2.75, 3.05) is 0 Å². The van der Waals surface area contributed by atoms with Crippen LogP contribution in [-0.2, 0) is 19.1 Å². The van der Waals surface area contributed by atoms with Crippen LogP contribution in [0.3, 0.4) is 0 Å². The van der Waals surface area contributed by atoms with Crippen molar-refractivity contribution >= 4 is 17.9 Å². The maximum Gasteiger partial charge on any atom is 0.314 e. The van der Waals surface area contributed by atoms with E-state index in [-0.39, 0.29) is 19.3 Å². The first-order valence-corrected chi connectivity index (χ1v) is 10.9. The summed E-state index contributed by atoms with van der Waals surface area (Å²) in [7, 11) is 0. The summed E-state index contributed by atoms with van der Waals surface area (Å²) >= 11 is 0. The van der Waals surface area contributed by atoms with Crippen molar-refractivity contribution < 1.29 is 24.2 Å². The van der Waals surface area contributed by atoms with Crippen molar-refractivity contribution in [1.82, 2.24) is 0 Å². The molecule has 158 valence electrons. The van der Waals surface area contributed by atoms with Crippen molar-refractivity contribution in [3.05, 3.63) is 0 Å². The molecule has 1 atom stereocenters. The maximum absolute atomic E-state index is 11.5. The lowest BCUT2D eigenvalue weighted by Gasteiger charge is -2.14. The monoisotopic (exact) mass is 384 g/mol. The summed E-state index contributed by atoms with van der Waals surface area (Å²) in [6.07, 6.45) is 15.6. The summed E-state index contributed by atoms with van der Waals surface area (Å²) in [5, 5.41) is 8.46. The number of esters is 2. The first-order chi connectivity index (χ1) is 13.0. The van der Waals surface area contributed by atoms with Crippen molar-refractivity contribution in [1.29, 1.82) is 0 Å². The zero-order chi connectivity index (χ0) is 20.3. The van der Waals surface area contributed by atoms with Gasteiger partial charge in [0.05, 0.1) is 12.8 Å². The van der Waals surface area contributed by atoms with Crippen molar-refractivity contribution in [3.8, 4) is 0 Å². The topological polar surface area (TPSA) is 80.7 Å². The Morgan fingerprint density at radius 2 is 1.22 bits per heavy atom. The second-order valence-corrected chi connectivity index (χ2v) is 7.52. The van der Waals surface area contributed by atoms with Gasteiger partial charge < -0.3 is 9.84 Å². The lowest BCUT2D eigenvalue weighted by Crippen LogP contribution is -2.13. The summed E-state index contributed by atoms with van der Waals surface area (Å²) in [6, 6.07) is 0. The normalized spacial score (nSPS) is 11.9. The molecule has 5 heteroatoms. The minimum Gasteiger partial charge on any atom is -0.481 e. The van der Waals surface area contributed by atoms with E-state index in [4.69, 9.17) is 5.11 Å². The number of carboxylic acid groups (broad SMARTS) is 1. The lowest BCUT2D eigenvalue weighted by molar-refractivity contribution is -0.161. The van der Waals surface area contributed by atoms with Gasteiger partial charge in [0.25, 0.3) is 0 Å². The van der Waals surface area contributed by atoms with Crippen LogP contribution in [0.25, 0.3) is 0 Å². The number of carbonyl (C=O) groups is 3. The Balaban J connectivity index is 3.47. The van der Waals surface area contributed by atoms with Gasteiger partial charge >= 0.3 is 17.9 Å². The Hall–Kier alpha value is -1.39. The fourth-order valence-corrected chi connectivity index (χ4v) is 3.26. The van der Waals surface area contributed by atoms with Crippen LogP contribution in [0.4, 0.5) is 0 Å². The molecule has 0 aliphatic carbocycles. The molecular formula is C22H40O5. The third kappa shape index (κ3) is 17.8. The van der Waals surface area contributed by atoms with Gasteiger partial charge in [-0.25, -0.2) is 0 Å². The molecule has 1 N–H and O–H groups in total. The minimum absolute atomic E-state index is 0.231. The van der Waals surface area contributed by atoms with Gasteiger partial charge in [-0.1, -0.05) is 90.9 Å². The molecule has 0 aliphatic heterocycles. The van der Waals surface area contributed by atoms with Crippen LogP contribution in [0.1, 0.15) is 117 Å². The molecule has 1 unspecified atom stereocenters. The second-order valence-electron chi connectivity index (χ2n) is 7.52. The second kappa shape index (κ2) is 18.0. The lowest BCUT2D eigenvalue weighted by atomic mass is 9.92. The smallest absolute Gasteiger partial charge is 0.314 e. The molecule has 0 saturated heterocycles. The number of hydrogen-bond acceptors (Lipinski definition) is 4. The quantitative estimate of drug-likeness (QED) is 0.177. The van der Waals surface area contributed by atoms with E-state index in [1.165, 1.54) is 64.2 Å². The SMILES string of the molecule is CCCCCC(CC)CCCCCCCCCC(=O)OC(=O)CCC(=O)O. The van der Waals surface area contributed by atoms with E-state index >= 15 is 0 Å². The fourth-order valence-electron chi connectivity index (χ4n) is 3.26. The summed E-state index contributed by atoms with van der Waals surface area (Å²) < 4.78 is 4.59. The molecule has 0 heterocycles. The molecule has 0 aromatic carbocycles. The molecular weight excluding hydrogens is 344 g/mol. The van der Waals surface area contributed by atoms with Gasteiger partial charge in [0.1, 0.15) is 0 Å². The van der Waals surface area contributed by atoms with E-state index in [2.05, 4.69) is 18.6 Å². The molecule has 5 nitrogen and oxygen atoms in total. The number of carboxylic acids is 1. The Morgan fingerprint density at radius 3 is 1.78 bits per heavy atom. The number of carbonyl (C=O) groups excluding carboxylic acids is 2. The minimum atomic E-state index is -1.07. The van der Waals surface area contributed by atoms with E-state index in [1.54, 1.807) is 0 Å². The van der Waals surface area contributed by atoms with Crippen LogP contribution in [0.5, 0.6) is 0 Å². The Labute approximate surface area is 165 Å². The average molecular weight is 385 g/mol. The molecule has 0 aliphatic rings. The molecule has 0 spiro atoms. The number of unbranched alkanes of at least 4 members (excludes halogenated alkanes) is 8. The van der Waals surface area contributed by atoms with Gasteiger partial charge in [-0.05, 0) is 12.3 Å². The number of ether oxygens (including phenoxy) is 1. The van der Waals surface area contributed by atoms with E-state index in [0.29, 0.717) is 0 Å². The third-order valence-electron chi connectivity index (χ3n) is 5.06. The highest BCUT2D eigenvalue weighted by Crippen LogP contribution is 2.21. The van der Waals surface area contributed by atoms with Gasteiger partial charge in [-0.15, -0.1) is 0 Å². The molecule has 0 saturated carbocycles. The van der Waals surface area contributed by atoms with E-state index in [9.17, 15) is 14.4 Å². The molecule has 27 heavy (non-hydrogen) atoms. The molecule has 0 fully saturated rings. The summed E-state index contributed by atoms with van der Waals surface area (Å²) in [6.45, 7) is 4.56. The van der Waals surface area contributed by atoms with Gasteiger partial charge in [0.2, 0.25) is 0 Å². The molecule has 0 radical (unpaired) electrons. The van der Waals surface area contributed by atoms with Gasteiger partial charge in [0.15, 0.2) is 0 Å². The third-order valence-corrected chi connectivity index (χ3v) is 5.06. The Kier molecular flexibility index (Phi) is 17.1. The molecule has 0 aromatic rings. The van der Waals surface area contributed by atoms with Gasteiger partial charge in [0, 0.05) is 6.42 Å². The molecule has 0 rings (SSSR count). The van der Waals surface area contributed by atoms with Crippen molar-refractivity contribution in [2.24, 2.45) is 5.92 Å². The number of aliphatic carboxylic acids is 1. The highest BCUT2D eigenvalue weighted by Gasteiger charge is 2.11. The summed E-state index contributed by atoms with van der Waals surface area (Å²) in [5.74, 6) is -1.46. The van der Waals surface area contributed by atoms with Crippen LogP contribution in [0.15, 0.2) is 0 Å². The van der Waals surface area contributed by atoms with Crippen LogP contribution < -0.4 is 0 Å². The summed E-state index contributed by atoms with van der Waals surface area (Å²) in [5.41, 5.74) is 0. The standard InChI is InChI=1S/C22H40O5/c1-3-5-11-14-19(4-2)15-12-9-7-6-8-10-13-16-21(25)27-22(26)18-17-20(23)24/h19H,3-18H2,1-2H3,(H,23,24). The van der Waals surface area contributed by atoms with Gasteiger partial charge in [-0.2, -0.15) is 0 Å². The van der Waals surface area contributed by atoms with Crippen molar-refractivity contribution in [2.45, 2.75) is 117 Å². The van der Waals surface area contributed by atoms with E-state index < -0.39 is 17.9 Å². The van der Waals surface area contributed by atoms with E-state index in [1.807, 2.05) is 0 Å². The number of rotatable bonds is 18. The molecule has 0 aromatic heterocycles. The zero-order valence-electron chi connectivity index (χ0n) is 17.5. The molecule has 0 bridgehead atoms. The summed E-state index contributed by atoms with van der Waals surface area (Å²) in [4.78, 5) is 33.0. The zero-order valence-corrected chi connectivity index (χ0v) is 17.5. The first kappa shape index (κ1) is 25.6. The van der Waals surface area contributed by atoms with Crippen molar-refractivity contribution in [3.63, 3.8) is 0 Å². The van der Waals surface area contributed by atoms with E-state index in [0.717, 1.165) is 25.2 Å². The van der Waals surface area contributed by atoms with Crippen LogP contribution in [0.2, 0.25) is 0 Å². The number of hydrogen-bond donors (Lipinski definition) is 1. The first-order valence-electron chi connectivity index (χ1n) is 10.9. The fraction of sp³-hybridized carbons (Fsp3) is 0.864. The Bertz CT molecular complexity index is 406. The van der Waals surface area contributed by atoms with Crippen LogP contribution >= 0.6 is 0 Å². The van der Waals surface area contributed by atoms with Gasteiger partial charge in [-0.3, -0.25) is 14.4 Å².